The molecule has 0 fully saturated rings. The largest absolute Gasteiger partial charge is 0.480 e. The highest BCUT2D eigenvalue weighted by Gasteiger charge is 2.28. The molecule has 0 radical (unpaired) electrons. The van der Waals surface area contributed by atoms with Crippen molar-refractivity contribution < 1.29 is 29.7 Å². The summed E-state index contributed by atoms with van der Waals surface area (Å²) in [5, 5.41) is 27.7. The van der Waals surface area contributed by atoms with Crippen LogP contribution < -0.4 is 5.73 Å². The third kappa shape index (κ3) is 9.36. The van der Waals surface area contributed by atoms with Crippen molar-refractivity contribution in [2.24, 2.45) is 5.73 Å². The van der Waals surface area contributed by atoms with Crippen LogP contribution in [-0.2, 0) is 14.4 Å². The molecule has 1 amide bonds. The standard InChI is InChI=1S/C14H26N2O6S2/c1-3-10(18)8-16(9(2)17)12(14(21)22)5-7-24-23-6-4-11(15)13(19)20/h10-12,18H,3-8,15H2,1-2H3,(H,19,20)(H,21,22). The first-order valence-electron chi connectivity index (χ1n) is 7.61. The smallest absolute Gasteiger partial charge is 0.326 e. The molecule has 0 saturated heterocycles. The number of hydrogen-bond donors (Lipinski definition) is 4. The monoisotopic (exact) mass is 382 g/mol. The number of aliphatic hydroxyl groups is 1. The number of carboxylic acids is 2. The Bertz CT molecular complexity index is 424. The number of amides is 1. The van der Waals surface area contributed by atoms with Gasteiger partial charge in [0.15, 0.2) is 0 Å². The molecule has 0 heterocycles. The van der Waals surface area contributed by atoms with Crippen LogP contribution in [-0.4, -0.2) is 74.3 Å². The maximum atomic E-state index is 11.7. The van der Waals surface area contributed by atoms with Crippen LogP contribution in [0.25, 0.3) is 0 Å². The van der Waals surface area contributed by atoms with E-state index in [2.05, 4.69) is 0 Å². The Morgan fingerprint density at radius 3 is 2.04 bits per heavy atom. The molecule has 0 rings (SSSR count). The first-order valence-corrected chi connectivity index (χ1v) is 10.1. The summed E-state index contributed by atoms with van der Waals surface area (Å²) in [5.41, 5.74) is 5.38. The Labute approximate surface area is 149 Å². The fraction of sp³-hybridized carbons (Fsp3) is 0.786. The third-order valence-corrected chi connectivity index (χ3v) is 5.80. The lowest BCUT2D eigenvalue weighted by atomic mass is 10.1. The van der Waals surface area contributed by atoms with Crippen LogP contribution in [0.2, 0.25) is 0 Å². The summed E-state index contributed by atoms with van der Waals surface area (Å²) < 4.78 is 0. The fourth-order valence-electron chi connectivity index (χ4n) is 1.82. The zero-order chi connectivity index (χ0) is 18.7. The molecule has 0 aromatic rings. The lowest BCUT2D eigenvalue weighted by Gasteiger charge is -2.29. The Kier molecular flexibility index (Phi) is 11.9. The Hall–Kier alpha value is -0.970. The number of carbonyl (C=O) groups excluding carboxylic acids is 1. The van der Waals surface area contributed by atoms with Crippen LogP contribution in [0.4, 0.5) is 0 Å². The molecule has 24 heavy (non-hydrogen) atoms. The zero-order valence-corrected chi connectivity index (χ0v) is 15.5. The second-order valence-corrected chi connectivity index (χ2v) is 7.96. The van der Waals surface area contributed by atoms with Gasteiger partial charge in [0.25, 0.3) is 0 Å². The number of hydrogen-bond acceptors (Lipinski definition) is 7. The molecule has 0 aromatic carbocycles. The third-order valence-electron chi connectivity index (χ3n) is 3.33. The molecule has 3 unspecified atom stereocenters. The fourth-order valence-corrected chi connectivity index (χ4v) is 4.01. The summed E-state index contributed by atoms with van der Waals surface area (Å²) in [4.78, 5) is 34.9. The highest BCUT2D eigenvalue weighted by Crippen LogP contribution is 2.24. The van der Waals surface area contributed by atoms with Gasteiger partial charge in [0.1, 0.15) is 12.1 Å². The van der Waals surface area contributed by atoms with Gasteiger partial charge in [0.2, 0.25) is 5.91 Å². The average Bonchev–Trinajstić information content (AvgIpc) is 2.51. The summed E-state index contributed by atoms with van der Waals surface area (Å²) in [6.45, 7) is 3.04. The van der Waals surface area contributed by atoms with E-state index in [9.17, 15) is 24.6 Å². The number of nitrogens with two attached hydrogens (primary N) is 1. The lowest BCUT2D eigenvalue weighted by molar-refractivity contribution is -0.150. The van der Waals surface area contributed by atoms with E-state index < -0.39 is 30.1 Å². The van der Waals surface area contributed by atoms with Crippen LogP contribution in [0.1, 0.15) is 33.1 Å². The number of aliphatic hydroxyl groups excluding tert-OH is 1. The Balaban J connectivity index is 4.34. The van der Waals surface area contributed by atoms with E-state index in [0.717, 1.165) is 0 Å². The Morgan fingerprint density at radius 1 is 1.08 bits per heavy atom. The highest BCUT2D eigenvalue weighted by molar-refractivity contribution is 8.76. The van der Waals surface area contributed by atoms with Crippen molar-refractivity contribution in [3.8, 4) is 0 Å². The molecule has 3 atom stereocenters. The molecule has 0 aliphatic carbocycles. The van der Waals surface area contributed by atoms with E-state index in [1.807, 2.05) is 0 Å². The van der Waals surface area contributed by atoms with Crippen LogP contribution >= 0.6 is 21.6 Å². The Morgan fingerprint density at radius 2 is 1.62 bits per heavy atom. The summed E-state index contributed by atoms with van der Waals surface area (Å²) >= 11 is 0. The van der Waals surface area contributed by atoms with E-state index in [-0.39, 0.29) is 18.9 Å². The lowest BCUT2D eigenvalue weighted by Crippen LogP contribution is -2.47. The van der Waals surface area contributed by atoms with Gasteiger partial charge in [-0.05, 0) is 19.3 Å². The average molecular weight is 383 g/mol. The van der Waals surface area contributed by atoms with Gasteiger partial charge < -0.3 is 26.0 Å². The van der Waals surface area contributed by atoms with E-state index >= 15 is 0 Å². The van der Waals surface area contributed by atoms with Gasteiger partial charge in [-0.3, -0.25) is 9.59 Å². The minimum atomic E-state index is -1.10. The van der Waals surface area contributed by atoms with Crippen molar-refractivity contribution in [1.82, 2.24) is 4.90 Å². The van der Waals surface area contributed by atoms with Crippen LogP contribution in [0, 0.1) is 0 Å². The molecule has 10 heteroatoms. The number of aliphatic carboxylic acids is 2. The zero-order valence-electron chi connectivity index (χ0n) is 13.9. The van der Waals surface area contributed by atoms with Gasteiger partial charge in [-0.15, -0.1) is 0 Å². The van der Waals surface area contributed by atoms with Crippen LogP contribution in [0.15, 0.2) is 0 Å². The summed E-state index contributed by atoms with van der Waals surface area (Å²) in [6.07, 6.45) is 0.256. The van der Waals surface area contributed by atoms with Crippen molar-refractivity contribution >= 4 is 39.4 Å². The van der Waals surface area contributed by atoms with Gasteiger partial charge in [0.05, 0.1) is 6.10 Å². The van der Waals surface area contributed by atoms with E-state index in [1.54, 1.807) is 6.92 Å². The van der Waals surface area contributed by atoms with E-state index in [4.69, 9.17) is 10.8 Å². The molecule has 5 N–H and O–H groups in total. The number of rotatable bonds is 13. The molecule has 0 bridgehead atoms. The second kappa shape index (κ2) is 12.4. The summed E-state index contributed by atoms with van der Waals surface area (Å²) in [5.74, 6) is -1.51. The molecule has 0 aliphatic rings. The number of nitrogens with zero attached hydrogens (tertiary/aromatic N) is 1. The van der Waals surface area contributed by atoms with Crippen molar-refractivity contribution in [3.05, 3.63) is 0 Å². The highest BCUT2D eigenvalue weighted by atomic mass is 33.1. The number of carbonyl (C=O) groups is 3. The minimum absolute atomic E-state index is 0.00588. The second-order valence-electron chi connectivity index (χ2n) is 5.25. The predicted octanol–water partition coefficient (Wildman–Crippen LogP) is 0.633. The molecular formula is C14H26N2O6S2. The molecule has 0 aliphatic heterocycles. The van der Waals surface area contributed by atoms with Crippen LogP contribution in [0.3, 0.4) is 0 Å². The topological polar surface area (TPSA) is 141 Å². The van der Waals surface area contributed by atoms with Gasteiger partial charge in [-0.2, -0.15) is 0 Å². The van der Waals surface area contributed by atoms with Crippen molar-refractivity contribution in [3.63, 3.8) is 0 Å². The normalized spacial score (nSPS) is 14.7. The molecule has 0 saturated carbocycles. The molecule has 8 nitrogen and oxygen atoms in total. The maximum Gasteiger partial charge on any atom is 0.326 e. The van der Waals surface area contributed by atoms with E-state index in [1.165, 1.54) is 33.4 Å². The summed E-state index contributed by atoms with van der Waals surface area (Å²) in [6, 6.07) is -1.88. The van der Waals surface area contributed by atoms with Gasteiger partial charge in [-0.25, -0.2) is 4.79 Å². The van der Waals surface area contributed by atoms with E-state index in [0.29, 0.717) is 24.3 Å². The van der Waals surface area contributed by atoms with Gasteiger partial charge >= 0.3 is 11.9 Å². The summed E-state index contributed by atoms with van der Waals surface area (Å²) in [7, 11) is 2.83. The van der Waals surface area contributed by atoms with Gasteiger partial charge in [-0.1, -0.05) is 28.5 Å². The van der Waals surface area contributed by atoms with Crippen LogP contribution in [0.5, 0.6) is 0 Å². The quantitative estimate of drug-likeness (QED) is 0.266. The van der Waals surface area contributed by atoms with Crippen molar-refractivity contribution in [2.45, 2.75) is 51.3 Å². The van der Waals surface area contributed by atoms with Crippen molar-refractivity contribution in [1.29, 1.82) is 0 Å². The maximum absolute atomic E-state index is 11.7. The number of carboxylic acid groups (broad SMARTS) is 2. The molecule has 0 spiro atoms. The molecule has 0 aromatic heterocycles. The first-order chi connectivity index (χ1) is 11.2. The predicted molar refractivity (Wildman–Crippen MR) is 94.9 cm³/mol. The molecular weight excluding hydrogens is 356 g/mol. The minimum Gasteiger partial charge on any atom is -0.480 e. The SMILES string of the molecule is CCC(O)CN(C(C)=O)C(CCSSCCC(N)C(=O)O)C(=O)O. The first kappa shape index (κ1) is 23.0. The van der Waals surface area contributed by atoms with Gasteiger partial charge in [0, 0.05) is 25.0 Å². The van der Waals surface area contributed by atoms with Crippen molar-refractivity contribution in [2.75, 3.05) is 18.1 Å². The molecule has 140 valence electrons.